The van der Waals surface area contributed by atoms with E-state index in [2.05, 4.69) is 36.3 Å². The second kappa shape index (κ2) is 5.31. The standard InChI is InChI=1S/C17H22N2O/c1-11-4-7-16(12(11)2)19-17-15-10-14(20-3)6-5-13(15)8-9-18-17/h5-6,8-12,16H,4,7H2,1-3H3,(H,18,19). The van der Waals surface area contributed by atoms with Crippen molar-refractivity contribution in [3.8, 4) is 5.75 Å². The molecule has 0 bridgehead atoms. The second-order valence-corrected chi connectivity index (χ2v) is 5.91. The molecule has 1 fully saturated rings. The summed E-state index contributed by atoms with van der Waals surface area (Å²) in [5.41, 5.74) is 0. The summed E-state index contributed by atoms with van der Waals surface area (Å²) < 4.78 is 5.33. The van der Waals surface area contributed by atoms with Crippen LogP contribution < -0.4 is 10.1 Å². The van der Waals surface area contributed by atoms with E-state index >= 15 is 0 Å². The quantitative estimate of drug-likeness (QED) is 0.912. The van der Waals surface area contributed by atoms with E-state index in [0.717, 1.165) is 22.9 Å². The average molecular weight is 270 g/mol. The lowest BCUT2D eigenvalue weighted by Gasteiger charge is -2.21. The van der Waals surface area contributed by atoms with Gasteiger partial charge in [-0.2, -0.15) is 0 Å². The number of benzene rings is 1. The molecule has 0 saturated heterocycles. The monoisotopic (exact) mass is 270 g/mol. The zero-order chi connectivity index (χ0) is 14.1. The summed E-state index contributed by atoms with van der Waals surface area (Å²) in [6.07, 6.45) is 4.40. The normalized spacial score (nSPS) is 25.9. The molecule has 0 spiro atoms. The summed E-state index contributed by atoms with van der Waals surface area (Å²) in [4.78, 5) is 4.54. The molecule has 1 heterocycles. The lowest BCUT2D eigenvalue weighted by molar-refractivity contribution is 0.415. The van der Waals surface area contributed by atoms with Gasteiger partial charge in [-0.15, -0.1) is 0 Å². The molecule has 20 heavy (non-hydrogen) atoms. The van der Waals surface area contributed by atoms with Gasteiger partial charge in [-0.25, -0.2) is 4.98 Å². The van der Waals surface area contributed by atoms with Crippen molar-refractivity contribution in [2.24, 2.45) is 11.8 Å². The van der Waals surface area contributed by atoms with Crippen LogP contribution in [0.2, 0.25) is 0 Å². The van der Waals surface area contributed by atoms with Crippen LogP contribution >= 0.6 is 0 Å². The second-order valence-electron chi connectivity index (χ2n) is 5.91. The molecule has 1 aromatic heterocycles. The highest BCUT2D eigenvalue weighted by Crippen LogP contribution is 2.34. The molecule has 1 saturated carbocycles. The van der Waals surface area contributed by atoms with Crippen molar-refractivity contribution in [2.75, 3.05) is 12.4 Å². The smallest absolute Gasteiger partial charge is 0.134 e. The summed E-state index contributed by atoms with van der Waals surface area (Å²) >= 11 is 0. The average Bonchev–Trinajstić information content (AvgIpc) is 2.79. The van der Waals surface area contributed by atoms with Gasteiger partial charge in [0.05, 0.1) is 7.11 Å². The number of aromatic nitrogens is 1. The van der Waals surface area contributed by atoms with Gasteiger partial charge in [0.2, 0.25) is 0 Å². The largest absolute Gasteiger partial charge is 0.497 e. The lowest BCUT2D eigenvalue weighted by Crippen LogP contribution is -2.24. The molecule has 2 aromatic rings. The van der Waals surface area contributed by atoms with Crippen molar-refractivity contribution in [1.29, 1.82) is 0 Å². The van der Waals surface area contributed by atoms with Gasteiger partial charge in [-0.05, 0) is 48.3 Å². The van der Waals surface area contributed by atoms with E-state index in [9.17, 15) is 0 Å². The number of hydrogen-bond donors (Lipinski definition) is 1. The van der Waals surface area contributed by atoms with Crippen molar-refractivity contribution in [3.63, 3.8) is 0 Å². The third-order valence-electron chi connectivity index (χ3n) is 4.76. The number of nitrogens with zero attached hydrogens (tertiary/aromatic N) is 1. The summed E-state index contributed by atoms with van der Waals surface area (Å²) in [7, 11) is 1.70. The number of anilines is 1. The first-order chi connectivity index (χ1) is 9.69. The molecule has 3 nitrogen and oxygen atoms in total. The van der Waals surface area contributed by atoms with Gasteiger partial charge in [0, 0.05) is 17.6 Å². The molecule has 0 aliphatic heterocycles. The molecule has 3 rings (SSSR count). The van der Waals surface area contributed by atoms with E-state index in [-0.39, 0.29) is 0 Å². The lowest BCUT2D eigenvalue weighted by atomic mass is 9.97. The van der Waals surface area contributed by atoms with Crippen molar-refractivity contribution >= 4 is 16.6 Å². The van der Waals surface area contributed by atoms with Crippen molar-refractivity contribution in [3.05, 3.63) is 30.5 Å². The summed E-state index contributed by atoms with van der Waals surface area (Å²) in [5, 5.41) is 5.98. The first-order valence-electron chi connectivity index (χ1n) is 7.38. The Bertz CT molecular complexity index is 611. The maximum atomic E-state index is 5.33. The van der Waals surface area contributed by atoms with Gasteiger partial charge >= 0.3 is 0 Å². The number of methoxy groups -OCH3 is 1. The number of hydrogen-bond acceptors (Lipinski definition) is 3. The van der Waals surface area contributed by atoms with E-state index in [1.807, 2.05) is 18.3 Å². The highest BCUT2D eigenvalue weighted by molar-refractivity contribution is 5.92. The Morgan fingerprint density at radius 1 is 1.20 bits per heavy atom. The Labute approximate surface area is 120 Å². The Hall–Kier alpha value is -1.77. The number of rotatable bonds is 3. The van der Waals surface area contributed by atoms with Crippen molar-refractivity contribution in [1.82, 2.24) is 4.98 Å². The molecule has 3 unspecified atom stereocenters. The minimum atomic E-state index is 0.523. The van der Waals surface area contributed by atoms with Crippen molar-refractivity contribution in [2.45, 2.75) is 32.7 Å². The van der Waals surface area contributed by atoms with Crippen LogP contribution in [0.15, 0.2) is 30.5 Å². The van der Waals surface area contributed by atoms with Crippen LogP contribution in [-0.4, -0.2) is 18.1 Å². The summed E-state index contributed by atoms with van der Waals surface area (Å²) in [6.45, 7) is 4.67. The Kier molecular flexibility index (Phi) is 3.51. The zero-order valence-corrected chi connectivity index (χ0v) is 12.4. The van der Waals surface area contributed by atoms with Gasteiger partial charge in [0.25, 0.3) is 0 Å². The predicted octanol–water partition coefficient (Wildman–Crippen LogP) is 4.09. The number of nitrogens with one attached hydrogen (secondary N) is 1. The minimum Gasteiger partial charge on any atom is -0.497 e. The molecule has 1 aromatic carbocycles. The van der Waals surface area contributed by atoms with Gasteiger partial charge in [-0.1, -0.05) is 19.9 Å². The highest BCUT2D eigenvalue weighted by atomic mass is 16.5. The van der Waals surface area contributed by atoms with Crippen LogP contribution in [0, 0.1) is 11.8 Å². The molecular weight excluding hydrogens is 248 g/mol. The molecule has 1 N–H and O–H groups in total. The van der Waals surface area contributed by atoms with E-state index in [0.29, 0.717) is 12.0 Å². The predicted molar refractivity (Wildman–Crippen MR) is 83.3 cm³/mol. The third-order valence-corrected chi connectivity index (χ3v) is 4.76. The fraction of sp³-hybridized carbons (Fsp3) is 0.471. The summed E-state index contributed by atoms with van der Waals surface area (Å²) in [6, 6.07) is 8.71. The van der Waals surface area contributed by atoms with Gasteiger partial charge in [0.1, 0.15) is 11.6 Å². The zero-order valence-electron chi connectivity index (χ0n) is 12.4. The van der Waals surface area contributed by atoms with E-state index in [1.165, 1.54) is 18.2 Å². The number of pyridine rings is 1. The van der Waals surface area contributed by atoms with Gasteiger partial charge < -0.3 is 10.1 Å². The molecule has 3 atom stereocenters. The molecule has 0 radical (unpaired) electrons. The molecule has 106 valence electrons. The van der Waals surface area contributed by atoms with Gasteiger partial charge in [0.15, 0.2) is 0 Å². The van der Waals surface area contributed by atoms with E-state index < -0.39 is 0 Å². The van der Waals surface area contributed by atoms with E-state index in [1.54, 1.807) is 7.11 Å². The topological polar surface area (TPSA) is 34.1 Å². The minimum absolute atomic E-state index is 0.523. The fourth-order valence-corrected chi connectivity index (χ4v) is 3.13. The molecule has 1 aliphatic rings. The Balaban J connectivity index is 1.94. The van der Waals surface area contributed by atoms with Crippen LogP contribution in [0.4, 0.5) is 5.82 Å². The SMILES string of the molecule is COc1ccc2ccnc(NC3CCC(C)C3C)c2c1. The van der Waals surface area contributed by atoms with E-state index in [4.69, 9.17) is 4.74 Å². The molecule has 3 heteroatoms. The molecular formula is C17H22N2O. The maximum absolute atomic E-state index is 5.33. The van der Waals surface area contributed by atoms with Crippen LogP contribution in [0.5, 0.6) is 5.75 Å². The van der Waals surface area contributed by atoms with Crippen LogP contribution in [0.3, 0.4) is 0 Å². The van der Waals surface area contributed by atoms with Crippen LogP contribution in [0.1, 0.15) is 26.7 Å². The van der Waals surface area contributed by atoms with Gasteiger partial charge in [-0.3, -0.25) is 0 Å². The Morgan fingerprint density at radius 2 is 2.05 bits per heavy atom. The number of ether oxygens (including phenoxy) is 1. The molecule has 1 aliphatic carbocycles. The maximum Gasteiger partial charge on any atom is 0.134 e. The van der Waals surface area contributed by atoms with Crippen LogP contribution in [-0.2, 0) is 0 Å². The molecule has 0 amide bonds. The Morgan fingerprint density at radius 3 is 2.75 bits per heavy atom. The third kappa shape index (κ3) is 2.33. The summed E-state index contributed by atoms with van der Waals surface area (Å²) in [5.74, 6) is 3.34. The number of fused-ring (bicyclic) bond motifs is 1. The van der Waals surface area contributed by atoms with Crippen LogP contribution in [0.25, 0.3) is 10.8 Å². The van der Waals surface area contributed by atoms with Crippen molar-refractivity contribution < 1.29 is 4.74 Å². The highest BCUT2D eigenvalue weighted by Gasteiger charge is 2.30. The first kappa shape index (κ1) is 13.2. The first-order valence-corrected chi connectivity index (χ1v) is 7.38. The fourth-order valence-electron chi connectivity index (χ4n) is 3.13.